The third kappa shape index (κ3) is 3.70. The van der Waals surface area contributed by atoms with Gasteiger partial charge in [0.2, 0.25) is 0 Å². The second-order valence-corrected chi connectivity index (χ2v) is 6.97. The Kier molecular flexibility index (Phi) is 4.84. The molecule has 0 spiro atoms. The van der Waals surface area contributed by atoms with Crippen LogP contribution in [0.5, 0.6) is 0 Å². The van der Waals surface area contributed by atoms with Crippen molar-refractivity contribution in [2.24, 2.45) is 4.99 Å². The number of thiazole rings is 1. The zero-order chi connectivity index (χ0) is 17.8. The van der Waals surface area contributed by atoms with Crippen molar-refractivity contribution in [1.82, 2.24) is 14.1 Å². The highest BCUT2D eigenvalue weighted by Gasteiger charge is 2.10. The average Bonchev–Trinajstić information content (AvgIpc) is 3.39. The van der Waals surface area contributed by atoms with Crippen molar-refractivity contribution >= 4 is 17.0 Å². The fraction of sp³-hybridized carbons (Fsp3) is 0.200. The first-order valence-electron chi connectivity index (χ1n) is 8.59. The van der Waals surface area contributed by atoms with Gasteiger partial charge in [-0.1, -0.05) is 17.7 Å². The van der Waals surface area contributed by atoms with E-state index in [1.54, 1.807) is 17.6 Å². The maximum atomic E-state index is 5.62. The van der Waals surface area contributed by atoms with E-state index in [0.29, 0.717) is 0 Å². The molecule has 6 heteroatoms. The predicted molar refractivity (Wildman–Crippen MR) is 103 cm³/mol. The molecule has 0 atom stereocenters. The van der Waals surface area contributed by atoms with Crippen LogP contribution in [-0.2, 0) is 13.1 Å². The van der Waals surface area contributed by atoms with E-state index >= 15 is 0 Å². The van der Waals surface area contributed by atoms with Crippen LogP contribution in [0.2, 0.25) is 0 Å². The Balaban J connectivity index is 1.65. The van der Waals surface area contributed by atoms with Crippen LogP contribution in [0.15, 0.2) is 76.2 Å². The van der Waals surface area contributed by atoms with Crippen LogP contribution in [0.1, 0.15) is 12.0 Å². The summed E-state index contributed by atoms with van der Waals surface area (Å²) in [5.41, 5.74) is 3.27. The predicted octanol–water partition coefficient (Wildman–Crippen LogP) is 4.64. The van der Waals surface area contributed by atoms with Gasteiger partial charge in [0.1, 0.15) is 0 Å². The smallest absolute Gasteiger partial charge is 0.190 e. The molecule has 0 saturated carbocycles. The Morgan fingerprint density at radius 2 is 2.04 bits per heavy atom. The van der Waals surface area contributed by atoms with Gasteiger partial charge in [0, 0.05) is 30.9 Å². The molecule has 4 aromatic rings. The highest BCUT2D eigenvalue weighted by molar-refractivity contribution is 7.07. The van der Waals surface area contributed by atoms with E-state index in [2.05, 4.69) is 50.7 Å². The highest BCUT2D eigenvalue weighted by atomic mass is 32.1. The number of nitrogens with zero attached hydrogens (tertiary/aromatic N) is 4. The van der Waals surface area contributed by atoms with Crippen molar-refractivity contribution in [1.29, 1.82) is 0 Å². The van der Waals surface area contributed by atoms with Crippen molar-refractivity contribution < 1.29 is 4.42 Å². The average molecular weight is 364 g/mol. The van der Waals surface area contributed by atoms with Crippen LogP contribution in [0.25, 0.3) is 11.5 Å². The highest BCUT2D eigenvalue weighted by Crippen LogP contribution is 2.22. The minimum atomic E-state index is 0.864. The molecule has 3 aromatic heterocycles. The number of aromatic nitrogens is 3. The number of hydrogen-bond donors (Lipinski definition) is 0. The number of aryl methyl sites for hydroxylation is 2. The van der Waals surface area contributed by atoms with Gasteiger partial charge >= 0.3 is 0 Å². The van der Waals surface area contributed by atoms with E-state index in [0.717, 1.165) is 41.5 Å². The van der Waals surface area contributed by atoms with E-state index in [-0.39, 0.29) is 0 Å². The van der Waals surface area contributed by atoms with Gasteiger partial charge in [0.25, 0.3) is 0 Å². The Hall–Kier alpha value is -2.86. The van der Waals surface area contributed by atoms with Gasteiger partial charge in [-0.05, 0) is 37.6 Å². The Bertz CT molecular complexity index is 1010. The second-order valence-electron chi connectivity index (χ2n) is 6.13. The molecule has 5 nitrogen and oxygen atoms in total. The van der Waals surface area contributed by atoms with E-state index < -0.39 is 0 Å². The summed E-state index contributed by atoms with van der Waals surface area (Å²) in [4.78, 5) is 9.93. The molecule has 0 fully saturated rings. The lowest BCUT2D eigenvalue weighted by atomic mass is 10.2. The van der Waals surface area contributed by atoms with Crippen LogP contribution in [-0.4, -0.2) is 14.1 Å². The third-order valence-corrected chi connectivity index (χ3v) is 5.05. The van der Waals surface area contributed by atoms with Crippen molar-refractivity contribution in [3.8, 4) is 11.5 Å². The summed E-state index contributed by atoms with van der Waals surface area (Å²) in [7, 11) is 0. The van der Waals surface area contributed by atoms with Gasteiger partial charge in [-0.25, -0.2) is 9.98 Å². The molecule has 4 rings (SSSR count). The summed E-state index contributed by atoms with van der Waals surface area (Å²) in [5, 5.41) is 2.11. The van der Waals surface area contributed by atoms with Crippen LogP contribution >= 0.6 is 11.3 Å². The van der Waals surface area contributed by atoms with Gasteiger partial charge in [-0.2, -0.15) is 0 Å². The van der Waals surface area contributed by atoms with E-state index in [1.165, 1.54) is 5.56 Å². The maximum Gasteiger partial charge on any atom is 0.190 e. The standard InChI is InChI=1S/C20H20N4OS/c1-16-5-7-17(8-6-16)22-20-24(11-3-10-23-12-9-21-15-23)18(14-26-20)19-4-2-13-25-19/h2,4-9,12-15H,3,10-11H2,1H3. The molecular weight excluding hydrogens is 344 g/mol. The zero-order valence-electron chi connectivity index (χ0n) is 14.6. The Labute approximate surface area is 155 Å². The minimum Gasteiger partial charge on any atom is -0.463 e. The molecule has 1 aromatic carbocycles. The molecule has 0 aliphatic heterocycles. The van der Waals surface area contributed by atoms with Gasteiger partial charge in [0.05, 0.1) is 24.0 Å². The summed E-state index contributed by atoms with van der Waals surface area (Å²) in [5.74, 6) is 0.870. The number of hydrogen-bond acceptors (Lipinski definition) is 4. The number of rotatable bonds is 6. The lowest BCUT2D eigenvalue weighted by Gasteiger charge is -2.08. The van der Waals surface area contributed by atoms with Crippen molar-refractivity contribution in [3.63, 3.8) is 0 Å². The van der Waals surface area contributed by atoms with Crippen LogP contribution in [0, 0.1) is 6.92 Å². The molecule has 0 N–H and O–H groups in total. The molecular formula is C20H20N4OS. The zero-order valence-corrected chi connectivity index (χ0v) is 15.4. The summed E-state index contributed by atoms with van der Waals surface area (Å²) < 4.78 is 9.95. The van der Waals surface area contributed by atoms with Gasteiger partial charge in [-0.15, -0.1) is 11.3 Å². The van der Waals surface area contributed by atoms with E-state index in [9.17, 15) is 0 Å². The number of imidazole rings is 1. The van der Waals surface area contributed by atoms with Crippen LogP contribution in [0.3, 0.4) is 0 Å². The topological polar surface area (TPSA) is 48.2 Å². The molecule has 0 aliphatic carbocycles. The second kappa shape index (κ2) is 7.58. The fourth-order valence-corrected chi connectivity index (χ4v) is 3.75. The van der Waals surface area contributed by atoms with Crippen molar-refractivity contribution in [3.05, 3.63) is 77.1 Å². The quantitative estimate of drug-likeness (QED) is 0.500. The third-order valence-electron chi connectivity index (χ3n) is 4.19. The fourth-order valence-electron chi connectivity index (χ4n) is 2.82. The summed E-state index contributed by atoms with van der Waals surface area (Å²) in [6.07, 6.45) is 8.35. The number of benzene rings is 1. The van der Waals surface area contributed by atoms with Crippen LogP contribution < -0.4 is 4.80 Å². The first-order chi connectivity index (χ1) is 12.8. The lowest BCUT2D eigenvalue weighted by Crippen LogP contribution is -2.17. The summed E-state index contributed by atoms with van der Waals surface area (Å²) in [6.45, 7) is 3.87. The maximum absolute atomic E-state index is 5.62. The molecule has 132 valence electrons. The van der Waals surface area contributed by atoms with E-state index in [4.69, 9.17) is 9.41 Å². The van der Waals surface area contributed by atoms with Gasteiger partial charge in [0.15, 0.2) is 10.6 Å². The number of furan rings is 1. The molecule has 0 aliphatic rings. The molecule has 0 radical (unpaired) electrons. The lowest BCUT2D eigenvalue weighted by molar-refractivity contribution is 0.541. The molecule has 0 unspecified atom stereocenters. The van der Waals surface area contributed by atoms with Crippen molar-refractivity contribution in [2.45, 2.75) is 26.4 Å². The largest absolute Gasteiger partial charge is 0.463 e. The molecule has 0 amide bonds. The SMILES string of the molecule is Cc1ccc(N=c2scc(-c3ccco3)n2CCCn2ccnc2)cc1. The first-order valence-corrected chi connectivity index (χ1v) is 9.47. The monoisotopic (exact) mass is 364 g/mol. The Morgan fingerprint density at radius 3 is 2.77 bits per heavy atom. The normalized spacial score (nSPS) is 12.0. The first kappa shape index (κ1) is 16.6. The Morgan fingerprint density at radius 1 is 1.15 bits per heavy atom. The van der Waals surface area contributed by atoms with Gasteiger partial charge in [-0.3, -0.25) is 0 Å². The molecule has 3 heterocycles. The molecule has 0 saturated heterocycles. The van der Waals surface area contributed by atoms with E-state index in [1.807, 2.05) is 30.9 Å². The minimum absolute atomic E-state index is 0.864. The summed E-state index contributed by atoms with van der Waals surface area (Å²) in [6, 6.07) is 12.2. The van der Waals surface area contributed by atoms with Crippen LogP contribution in [0.4, 0.5) is 5.69 Å². The van der Waals surface area contributed by atoms with Gasteiger partial charge < -0.3 is 13.6 Å². The van der Waals surface area contributed by atoms with Crippen molar-refractivity contribution in [2.75, 3.05) is 0 Å². The molecule has 0 bridgehead atoms. The molecule has 26 heavy (non-hydrogen) atoms. The summed E-state index contributed by atoms with van der Waals surface area (Å²) >= 11 is 1.64.